The Labute approximate surface area is 108 Å². The molecule has 1 heterocycles. The Morgan fingerprint density at radius 2 is 2.22 bits per heavy atom. The number of ether oxygens (including phenoxy) is 1. The van der Waals surface area contributed by atoms with E-state index in [-0.39, 0.29) is 6.04 Å². The molecule has 1 atom stereocenters. The average Bonchev–Trinajstić information content (AvgIpc) is 3.06. The van der Waals surface area contributed by atoms with Crippen LogP contribution in [0.2, 0.25) is 0 Å². The third-order valence-electron chi connectivity index (χ3n) is 3.26. The summed E-state index contributed by atoms with van der Waals surface area (Å²) in [5.74, 6) is 1.35. The van der Waals surface area contributed by atoms with Crippen molar-refractivity contribution in [2.75, 3.05) is 13.2 Å². The van der Waals surface area contributed by atoms with Crippen molar-refractivity contribution >= 4 is 0 Å². The minimum Gasteiger partial charge on any atom is -0.380 e. The van der Waals surface area contributed by atoms with E-state index in [4.69, 9.17) is 4.74 Å². The Balaban J connectivity index is 2.00. The summed E-state index contributed by atoms with van der Waals surface area (Å²) in [7, 11) is 0. The van der Waals surface area contributed by atoms with Crippen molar-refractivity contribution in [3.8, 4) is 0 Å². The Kier molecular flexibility index (Phi) is 4.66. The molecule has 0 aromatic carbocycles. The Morgan fingerprint density at radius 1 is 1.44 bits per heavy atom. The summed E-state index contributed by atoms with van der Waals surface area (Å²) in [6.07, 6.45) is 2.54. The first kappa shape index (κ1) is 13.4. The number of nitrogens with zero attached hydrogens (tertiary/aromatic N) is 4. The topological polar surface area (TPSA) is 64.9 Å². The third-order valence-corrected chi connectivity index (χ3v) is 3.26. The van der Waals surface area contributed by atoms with E-state index >= 15 is 0 Å². The second kappa shape index (κ2) is 6.24. The fourth-order valence-electron chi connectivity index (χ4n) is 1.89. The van der Waals surface area contributed by atoms with E-state index < -0.39 is 0 Å². The molecule has 1 aliphatic carbocycles. The molecule has 2 rings (SSSR count). The van der Waals surface area contributed by atoms with Gasteiger partial charge in [-0.3, -0.25) is 0 Å². The minimum absolute atomic E-state index is 0.205. The van der Waals surface area contributed by atoms with Crippen LogP contribution in [0.1, 0.15) is 45.5 Å². The molecule has 6 nitrogen and oxygen atoms in total. The van der Waals surface area contributed by atoms with E-state index in [0.717, 1.165) is 19.0 Å². The van der Waals surface area contributed by atoms with Gasteiger partial charge in [-0.15, -0.1) is 5.10 Å². The Hall–Kier alpha value is -1.01. The van der Waals surface area contributed by atoms with Gasteiger partial charge in [0.15, 0.2) is 5.82 Å². The van der Waals surface area contributed by atoms with Crippen molar-refractivity contribution in [2.24, 2.45) is 5.92 Å². The number of nitrogens with one attached hydrogen (secondary N) is 1. The molecule has 0 aliphatic heterocycles. The Morgan fingerprint density at radius 3 is 2.83 bits per heavy atom. The fraction of sp³-hybridized carbons (Fsp3) is 0.917. The molecule has 1 fully saturated rings. The normalized spacial score (nSPS) is 17.3. The second-order valence-corrected chi connectivity index (χ2v) is 5.17. The molecule has 0 saturated heterocycles. The highest BCUT2D eigenvalue weighted by atomic mass is 16.5. The first-order chi connectivity index (χ1) is 8.72. The lowest BCUT2D eigenvalue weighted by Crippen LogP contribution is -2.27. The van der Waals surface area contributed by atoms with Crippen molar-refractivity contribution in [3.05, 3.63) is 5.82 Å². The highest BCUT2D eigenvalue weighted by Crippen LogP contribution is 2.21. The maximum Gasteiger partial charge on any atom is 0.165 e. The molecule has 1 N–H and O–H groups in total. The van der Waals surface area contributed by atoms with Crippen LogP contribution in [0.25, 0.3) is 0 Å². The number of hydrogen-bond donors (Lipinski definition) is 1. The predicted octanol–water partition coefficient (Wildman–Crippen LogP) is 1.16. The van der Waals surface area contributed by atoms with Crippen molar-refractivity contribution < 1.29 is 4.74 Å². The van der Waals surface area contributed by atoms with Gasteiger partial charge in [-0.25, -0.2) is 4.68 Å². The van der Waals surface area contributed by atoms with E-state index in [9.17, 15) is 0 Å². The number of aromatic nitrogens is 4. The van der Waals surface area contributed by atoms with Crippen molar-refractivity contribution in [1.29, 1.82) is 0 Å². The first-order valence-electron chi connectivity index (χ1n) is 6.80. The quantitative estimate of drug-likeness (QED) is 0.753. The van der Waals surface area contributed by atoms with Gasteiger partial charge in [0.05, 0.1) is 19.2 Å². The highest BCUT2D eigenvalue weighted by Gasteiger charge is 2.24. The molecule has 0 amide bonds. The maximum absolute atomic E-state index is 5.54. The van der Waals surface area contributed by atoms with Gasteiger partial charge in [0.1, 0.15) is 0 Å². The molecular formula is C12H23N5O. The van der Waals surface area contributed by atoms with Gasteiger partial charge in [-0.2, -0.15) is 0 Å². The summed E-state index contributed by atoms with van der Waals surface area (Å²) < 4.78 is 7.45. The summed E-state index contributed by atoms with van der Waals surface area (Å²) in [5, 5.41) is 15.5. The molecule has 1 aromatic rings. The lowest BCUT2D eigenvalue weighted by atomic mass is 10.1. The predicted molar refractivity (Wildman–Crippen MR) is 68.0 cm³/mol. The molecule has 18 heavy (non-hydrogen) atoms. The van der Waals surface area contributed by atoms with E-state index in [0.29, 0.717) is 18.6 Å². The second-order valence-electron chi connectivity index (χ2n) is 5.17. The fourth-order valence-corrected chi connectivity index (χ4v) is 1.89. The van der Waals surface area contributed by atoms with Gasteiger partial charge in [0.25, 0.3) is 0 Å². The van der Waals surface area contributed by atoms with Gasteiger partial charge in [0, 0.05) is 12.6 Å². The monoisotopic (exact) mass is 253 g/mol. The average molecular weight is 253 g/mol. The minimum atomic E-state index is 0.205. The number of rotatable bonds is 8. The lowest BCUT2D eigenvalue weighted by Gasteiger charge is -2.21. The van der Waals surface area contributed by atoms with Crippen molar-refractivity contribution in [3.63, 3.8) is 0 Å². The summed E-state index contributed by atoms with van der Waals surface area (Å²) in [4.78, 5) is 0. The lowest BCUT2D eigenvalue weighted by molar-refractivity contribution is 0.0891. The van der Waals surface area contributed by atoms with Crippen molar-refractivity contribution in [2.45, 2.75) is 52.2 Å². The first-order valence-corrected chi connectivity index (χ1v) is 6.80. The summed E-state index contributed by atoms with van der Waals surface area (Å²) >= 11 is 0. The van der Waals surface area contributed by atoms with Crippen molar-refractivity contribution in [1.82, 2.24) is 25.5 Å². The van der Waals surface area contributed by atoms with Gasteiger partial charge in [-0.05, 0) is 36.1 Å². The van der Waals surface area contributed by atoms with Crippen LogP contribution in [0.15, 0.2) is 0 Å². The molecule has 0 bridgehead atoms. The van der Waals surface area contributed by atoms with Crippen LogP contribution in [0.3, 0.4) is 0 Å². The highest BCUT2D eigenvalue weighted by molar-refractivity contribution is 4.89. The van der Waals surface area contributed by atoms with Gasteiger partial charge >= 0.3 is 0 Å². The van der Waals surface area contributed by atoms with E-state index in [1.54, 1.807) is 0 Å². The standard InChI is InChI=1S/C12H23N5O/c1-4-18-8-11(9(2)3)17-12(14-15-16-17)7-13-10-5-6-10/h9-11,13H,4-8H2,1-3H3. The maximum atomic E-state index is 5.54. The zero-order valence-electron chi connectivity index (χ0n) is 11.5. The van der Waals surface area contributed by atoms with Crippen LogP contribution in [0.5, 0.6) is 0 Å². The molecular weight excluding hydrogens is 230 g/mol. The largest absolute Gasteiger partial charge is 0.380 e. The van der Waals surface area contributed by atoms with Crippen LogP contribution >= 0.6 is 0 Å². The SMILES string of the molecule is CCOCC(C(C)C)n1nnnc1CNC1CC1. The molecule has 102 valence electrons. The molecule has 1 aliphatic rings. The zero-order valence-corrected chi connectivity index (χ0v) is 11.5. The van der Waals surface area contributed by atoms with E-state index in [2.05, 4.69) is 34.7 Å². The van der Waals surface area contributed by atoms with Gasteiger partial charge in [0.2, 0.25) is 0 Å². The van der Waals surface area contributed by atoms with Crippen LogP contribution in [-0.4, -0.2) is 39.5 Å². The van der Waals surface area contributed by atoms with Crippen LogP contribution < -0.4 is 5.32 Å². The molecule has 1 aromatic heterocycles. The van der Waals surface area contributed by atoms with Gasteiger partial charge in [-0.1, -0.05) is 13.8 Å². The summed E-state index contributed by atoms with van der Waals surface area (Å²) in [6.45, 7) is 8.48. The van der Waals surface area contributed by atoms with Crippen LogP contribution in [0, 0.1) is 5.92 Å². The molecule has 0 spiro atoms. The smallest absolute Gasteiger partial charge is 0.165 e. The Bertz CT molecular complexity index is 361. The number of hydrogen-bond acceptors (Lipinski definition) is 5. The van der Waals surface area contributed by atoms with Crippen LogP contribution in [-0.2, 0) is 11.3 Å². The summed E-state index contributed by atoms with van der Waals surface area (Å²) in [5.41, 5.74) is 0. The molecule has 1 saturated carbocycles. The molecule has 6 heteroatoms. The molecule has 0 radical (unpaired) electrons. The van der Waals surface area contributed by atoms with E-state index in [1.807, 2.05) is 11.6 Å². The van der Waals surface area contributed by atoms with E-state index in [1.165, 1.54) is 12.8 Å². The summed E-state index contributed by atoms with van der Waals surface area (Å²) in [6, 6.07) is 0.871. The third kappa shape index (κ3) is 3.49. The zero-order chi connectivity index (χ0) is 13.0. The van der Waals surface area contributed by atoms with Crippen LogP contribution in [0.4, 0.5) is 0 Å². The van der Waals surface area contributed by atoms with Gasteiger partial charge < -0.3 is 10.1 Å². The number of tetrazole rings is 1. The molecule has 1 unspecified atom stereocenters.